The number of hydrogen-bond donors (Lipinski definition) is 2. The van der Waals surface area contributed by atoms with Gasteiger partial charge in [0.15, 0.2) is 18.3 Å². The minimum absolute atomic E-state index is 0.0377. The number of halogens is 1. The Morgan fingerprint density at radius 3 is 2.67 bits per heavy atom. The van der Waals surface area contributed by atoms with Gasteiger partial charge in [0.05, 0.1) is 0 Å². The Balaban J connectivity index is 2.18. The van der Waals surface area contributed by atoms with Crippen LogP contribution in [-0.4, -0.2) is 39.9 Å². The van der Waals surface area contributed by atoms with Crippen LogP contribution >= 0.6 is 19.0 Å². The van der Waals surface area contributed by atoms with Gasteiger partial charge in [-0.2, -0.15) is 0 Å². The summed E-state index contributed by atoms with van der Waals surface area (Å²) < 4.78 is 16.6. The van der Waals surface area contributed by atoms with Gasteiger partial charge >= 0.3 is 5.97 Å². The maximum atomic E-state index is 12.1. The average molecular weight is 370 g/mol. The van der Waals surface area contributed by atoms with E-state index in [-0.39, 0.29) is 23.5 Å². The van der Waals surface area contributed by atoms with Crippen molar-refractivity contribution in [2.24, 2.45) is 5.73 Å². The van der Waals surface area contributed by atoms with Crippen molar-refractivity contribution in [3.05, 3.63) is 41.6 Å². The van der Waals surface area contributed by atoms with Crippen LogP contribution in [0.3, 0.4) is 0 Å². The molecule has 2 unspecified atom stereocenters. The number of rotatable bonds is 6. The third-order valence-corrected chi connectivity index (χ3v) is 4.42. The molecule has 0 saturated heterocycles. The van der Waals surface area contributed by atoms with E-state index in [0.717, 1.165) is 0 Å². The third-order valence-electron chi connectivity index (χ3n) is 3.14. The number of benzene rings is 1. The molecule has 0 amide bonds. The van der Waals surface area contributed by atoms with Crippen molar-refractivity contribution >= 4 is 24.9 Å². The molecule has 0 spiro atoms. The molecule has 1 heterocycles. The first kappa shape index (κ1) is 18.5. The van der Waals surface area contributed by atoms with Crippen LogP contribution in [0, 0.1) is 0 Å². The van der Waals surface area contributed by atoms with E-state index in [1.807, 2.05) is 18.2 Å². The second kappa shape index (κ2) is 7.85. The van der Waals surface area contributed by atoms with Gasteiger partial charge in [-0.25, -0.2) is 4.79 Å². The van der Waals surface area contributed by atoms with Crippen molar-refractivity contribution in [3.63, 3.8) is 0 Å². The summed E-state index contributed by atoms with van der Waals surface area (Å²) >= 11 is 5.82. The number of nitrogens with zero attached hydrogens (tertiary/aromatic N) is 2. The lowest BCUT2D eigenvalue weighted by Gasteiger charge is -2.14. The summed E-state index contributed by atoms with van der Waals surface area (Å²) in [5.41, 5.74) is 6.77. The molecule has 0 bridgehead atoms. The summed E-state index contributed by atoms with van der Waals surface area (Å²) in [6, 6.07) is 9.38. The van der Waals surface area contributed by atoms with Crippen molar-refractivity contribution in [2.45, 2.75) is 12.5 Å². The third kappa shape index (κ3) is 5.39. The van der Waals surface area contributed by atoms with Gasteiger partial charge in [-0.05, 0) is 6.42 Å². The Labute approximate surface area is 144 Å². The normalized spacial score (nSPS) is 14.7. The number of aromatic nitrogens is 2. The van der Waals surface area contributed by atoms with Crippen LogP contribution in [0.2, 0.25) is 5.15 Å². The maximum Gasteiger partial charge on any atom is 0.328 e. The maximum absolute atomic E-state index is 12.1. The van der Waals surface area contributed by atoms with Gasteiger partial charge in [-0.15, -0.1) is 10.2 Å². The Kier molecular flexibility index (Phi) is 6.07. The highest BCUT2D eigenvalue weighted by Gasteiger charge is 2.22. The lowest BCUT2D eigenvalue weighted by atomic mass is 10.1. The molecule has 1 aromatic carbocycles. The van der Waals surface area contributed by atoms with Crippen LogP contribution in [0.4, 0.5) is 0 Å². The molecule has 7 nitrogen and oxygen atoms in total. The highest BCUT2D eigenvalue weighted by Crippen LogP contribution is 2.36. The molecule has 24 heavy (non-hydrogen) atoms. The van der Waals surface area contributed by atoms with E-state index in [2.05, 4.69) is 10.2 Å². The molecule has 1 aromatic heterocycles. The first-order chi connectivity index (χ1) is 11.3. The van der Waals surface area contributed by atoms with E-state index < -0.39 is 19.4 Å². The summed E-state index contributed by atoms with van der Waals surface area (Å²) in [5.74, 6) is -0.602. The molecule has 9 heteroatoms. The van der Waals surface area contributed by atoms with Gasteiger partial charge in [0.2, 0.25) is 0 Å². The smallest absolute Gasteiger partial charge is 0.328 e. The monoisotopic (exact) mass is 369 g/mol. The molecule has 3 N–H and O–H groups in total. The summed E-state index contributed by atoms with van der Waals surface area (Å²) in [6.07, 6.45) is -0.0276. The molecule has 0 aliphatic heterocycles. The van der Waals surface area contributed by atoms with Crippen LogP contribution < -0.4 is 10.5 Å². The molecule has 2 rings (SSSR count). The molecule has 128 valence electrons. The fraction of sp³-hybridized carbons (Fsp3) is 0.267. The van der Waals surface area contributed by atoms with Gasteiger partial charge in [0, 0.05) is 24.5 Å². The Morgan fingerprint density at radius 2 is 2.04 bits per heavy atom. The summed E-state index contributed by atoms with van der Waals surface area (Å²) in [5, 5.41) is 7.79. The number of esters is 1. The predicted octanol–water partition coefficient (Wildman–Crippen LogP) is 2.32. The zero-order valence-electron chi connectivity index (χ0n) is 12.9. The standard InChI is InChI=1S/C15H17ClN3O4P/c1-24(21,22)8-7-11(17)15(20)23-12-9-13(16)18-19-14(12)10-5-3-2-4-6-10/h2-6,9,11H,7-8,17H2,1H3,(H,21,22). The first-order valence-electron chi connectivity index (χ1n) is 7.11. The van der Waals surface area contributed by atoms with Crippen molar-refractivity contribution in [3.8, 4) is 17.0 Å². The van der Waals surface area contributed by atoms with Crippen LogP contribution in [0.1, 0.15) is 6.42 Å². The minimum Gasteiger partial charge on any atom is -0.423 e. The Hall–Kier alpha value is -1.79. The largest absolute Gasteiger partial charge is 0.423 e. The summed E-state index contributed by atoms with van der Waals surface area (Å²) in [7, 11) is -3.24. The topological polar surface area (TPSA) is 115 Å². The number of hydrogen-bond acceptors (Lipinski definition) is 6. The van der Waals surface area contributed by atoms with Crippen molar-refractivity contribution < 1.29 is 19.0 Å². The summed E-state index contributed by atoms with van der Waals surface area (Å²) in [6.45, 7) is 1.21. The van der Waals surface area contributed by atoms with Crippen molar-refractivity contribution in [1.29, 1.82) is 0 Å². The molecular weight excluding hydrogens is 353 g/mol. The van der Waals surface area contributed by atoms with E-state index in [4.69, 9.17) is 22.1 Å². The van der Waals surface area contributed by atoms with E-state index in [1.54, 1.807) is 12.1 Å². The highest BCUT2D eigenvalue weighted by molar-refractivity contribution is 7.57. The summed E-state index contributed by atoms with van der Waals surface area (Å²) in [4.78, 5) is 21.4. The predicted molar refractivity (Wildman–Crippen MR) is 91.3 cm³/mol. The van der Waals surface area contributed by atoms with Gasteiger partial charge in [-0.1, -0.05) is 41.9 Å². The SMILES string of the molecule is CP(=O)(O)CCC(N)C(=O)Oc1cc(Cl)nnc1-c1ccccc1. The van der Waals surface area contributed by atoms with Gasteiger partial charge in [0.25, 0.3) is 0 Å². The molecular formula is C15H17ClN3O4P. The van der Waals surface area contributed by atoms with Gasteiger partial charge in [0.1, 0.15) is 11.7 Å². The average Bonchev–Trinajstić information content (AvgIpc) is 2.53. The van der Waals surface area contributed by atoms with Gasteiger partial charge in [-0.3, -0.25) is 4.57 Å². The minimum atomic E-state index is -3.24. The number of carbonyl (C=O) groups excluding carboxylic acids is 1. The van der Waals surface area contributed by atoms with Crippen LogP contribution in [0.25, 0.3) is 11.3 Å². The Bertz CT molecular complexity index is 767. The molecule has 0 radical (unpaired) electrons. The number of nitrogens with two attached hydrogens (primary N) is 1. The number of ether oxygens (including phenoxy) is 1. The zero-order chi connectivity index (χ0) is 17.7. The Morgan fingerprint density at radius 1 is 1.38 bits per heavy atom. The zero-order valence-corrected chi connectivity index (χ0v) is 14.6. The fourth-order valence-electron chi connectivity index (χ4n) is 1.91. The molecule has 0 fully saturated rings. The number of carbonyl (C=O) groups is 1. The second-order valence-electron chi connectivity index (χ2n) is 5.34. The first-order valence-corrected chi connectivity index (χ1v) is 9.78. The van der Waals surface area contributed by atoms with E-state index in [9.17, 15) is 14.3 Å². The highest BCUT2D eigenvalue weighted by atomic mass is 35.5. The molecule has 0 aliphatic rings. The van der Waals surface area contributed by atoms with Crippen LogP contribution in [0.15, 0.2) is 36.4 Å². The fourth-order valence-corrected chi connectivity index (χ4v) is 2.80. The molecule has 0 aliphatic carbocycles. The van der Waals surface area contributed by atoms with Crippen LogP contribution in [-0.2, 0) is 9.36 Å². The van der Waals surface area contributed by atoms with E-state index >= 15 is 0 Å². The van der Waals surface area contributed by atoms with E-state index in [1.165, 1.54) is 12.7 Å². The molecule has 0 saturated carbocycles. The van der Waals surface area contributed by atoms with Crippen molar-refractivity contribution in [2.75, 3.05) is 12.8 Å². The second-order valence-corrected chi connectivity index (χ2v) is 8.27. The van der Waals surface area contributed by atoms with E-state index in [0.29, 0.717) is 11.3 Å². The lowest BCUT2D eigenvalue weighted by Crippen LogP contribution is -2.35. The lowest BCUT2D eigenvalue weighted by molar-refractivity contribution is -0.135. The van der Waals surface area contributed by atoms with Crippen molar-refractivity contribution in [1.82, 2.24) is 10.2 Å². The van der Waals surface area contributed by atoms with Crippen LogP contribution in [0.5, 0.6) is 5.75 Å². The molecule has 2 aromatic rings. The quantitative estimate of drug-likeness (QED) is 0.593. The van der Waals surface area contributed by atoms with Gasteiger partial charge < -0.3 is 15.4 Å². The molecule has 2 atom stereocenters.